The Morgan fingerprint density at radius 2 is 1.36 bits per heavy atom. The molecule has 3 aromatic rings. The molecule has 1 aliphatic rings. The summed E-state index contributed by atoms with van der Waals surface area (Å²) in [6.45, 7) is 4.21. The molecule has 1 heterocycles. The van der Waals surface area contributed by atoms with Crippen LogP contribution in [0.3, 0.4) is 0 Å². The SMILES string of the molecule is Cc1ccc(C(=O)Nc2ccc(N3CCN(c4ccccc4F)CC3)c(C(=O)O)c2)cc1.O=C(O)C(F)(F)F. The molecular weight excluding hydrogens is 522 g/mol. The number of nitrogens with zero attached hydrogens (tertiary/aromatic N) is 2. The maximum atomic E-state index is 14.1. The number of amides is 1. The lowest BCUT2D eigenvalue weighted by Crippen LogP contribution is -2.47. The molecule has 12 heteroatoms. The first-order valence-electron chi connectivity index (χ1n) is 11.7. The molecule has 0 saturated carbocycles. The van der Waals surface area contributed by atoms with Gasteiger partial charge in [0.1, 0.15) is 5.82 Å². The fourth-order valence-electron chi connectivity index (χ4n) is 3.87. The molecule has 8 nitrogen and oxygen atoms in total. The van der Waals surface area contributed by atoms with Gasteiger partial charge in [0.2, 0.25) is 0 Å². The van der Waals surface area contributed by atoms with Gasteiger partial charge in [-0.05, 0) is 49.4 Å². The average Bonchev–Trinajstić information content (AvgIpc) is 2.89. The highest BCUT2D eigenvalue weighted by molar-refractivity contribution is 6.05. The first-order chi connectivity index (χ1) is 18.4. The van der Waals surface area contributed by atoms with Crippen molar-refractivity contribution in [1.82, 2.24) is 0 Å². The molecule has 3 N–H and O–H groups in total. The van der Waals surface area contributed by atoms with E-state index in [-0.39, 0.29) is 17.3 Å². The van der Waals surface area contributed by atoms with Gasteiger partial charge in [-0.15, -0.1) is 0 Å². The topological polar surface area (TPSA) is 110 Å². The molecule has 206 valence electrons. The van der Waals surface area contributed by atoms with Crippen LogP contribution in [-0.4, -0.2) is 60.4 Å². The lowest BCUT2D eigenvalue weighted by atomic mass is 10.1. The maximum Gasteiger partial charge on any atom is 0.490 e. The van der Waals surface area contributed by atoms with Crippen LogP contribution in [0.1, 0.15) is 26.3 Å². The number of para-hydroxylation sites is 1. The molecule has 1 aliphatic heterocycles. The number of nitrogens with one attached hydrogen (secondary N) is 1. The predicted molar refractivity (Wildman–Crippen MR) is 137 cm³/mol. The van der Waals surface area contributed by atoms with Gasteiger partial charge in [0.15, 0.2) is 0 Å². The number of anilines is 3. The van der Waals surface area contributed by atoms with Gasteiger partial charge in [-0.1, -0.05) is 29.8 Å². The second kappa shape index (κ2) is 12.3. The number of aromatic carboxylic acids is 1. The van der Waals surface area contributed by atoms with E-state index < -0.39 is 18.1 Å². The van der Waals surface area contributed by atoms with Crippen LogP contribution in [0, 0.1) is 12.7 Å². The van der Waals surface area contributed by atoms with Crippen LogP contribution in [0.5, 0.6) is 0 Å². The molecule has 0 radical (unpaired) electrons. The molecule has 1 amide bonds. The molecule has 39 heavy (non-hydrogen) atoms. The zero-order chi connectivity index (χ0) is 28.7. The summed E-state index contributed by atoms with van der Waals surface area (Å²) in [6, 6.07) is 18.7. The summed E-state index contributed by atoms with van der Waals surface area (Å²) < 4.78 is 45.8. The number of hydrogen-bond donors (Lipinski definition) is 3. The van der Waals surface area contributed by atoms with Crippen LogP contribution >= 0.6 is 0 Å². The predicted octanol–water partition coefficient (Wildman–Crippen LogP) is 5.04. The normalized spacial score (nSPS) is 13.3. The summed E-state index contributed by atoms with van der Waals surface area (Å²) in [5, 5.41) is 19.7. The third-order valence-corrected chi connectivity index (χ3v) is 5.85. The minimum atomic E-state index is -5.08. The van der Waals surface area contributed by atoms with Crippen LogP contribution in [0.25, 0.3) is 0 Å². The first-order valence-corrected chi connectivity index (χ1v) is 11.7. The number of aliphatic carboxylic acids is 1. The summed E-state index contributed by atoms with van der Waals surface area (Å²) in [5.74, 6) is -4.39. The second-order valence-corrected chi connectivity index (χ2v) is 8.59. The number of piperazine rings is 1. The Hall–Kier alpha value is -4.61. The summed E-state index contributed by atoms with van der Waals surface area (Å²) >= 11 is 0. The Morgan fingerprint density at radius 3 is 1.87 bits per heavy atom. The Balaban J connectivity index is 0.000000532. The Morgan fingerprint density at radius 1 is 0.821 bits per heavy atom. The summed E-state index contributed by atoms with van der Waals surface area (Å²) in [7, 11) is 0. The van der Waals surface area contributed by atoms with E-state index >= 15 is 0 Å². The van der Waals surface area contributed by atoms with Crippen molar-refractivity contribution in [3.05, 3.63) is 89.2 Å². The second-order valence-electron chi connectivity index (χ2n) is 8.59. The number of carbonyl (C=O) groups is 3. The van der Waals surface area contributed by atoms with Crippen molar-refractivity contribution in [2.24, 2.45) is 0 Å². The monoisotopic (exact) mass is 547 g/mol. The van der Waals surface area contributed by atoms with E-state index in [0.29, 0.717) is 48.8 Å². The first kappa shape index (κ1) is 29.0. The largest absolute Gasteiger partial charge is 0.490 e. The number of alkyl halides is 3. The number of carboxylic acid groups (broad SMARTS) is 2. The molecule has 0 spiro atoms. The van der Waals surface area contributed by atoms with Crippen LogP contribution in [-0.2, 0) is 4.79 Å². The van der Waals surface area contributed by atoms with Gasteiger partial charge in [0.25, 0.3) is 5.91 Å². The standard InChI is InChI=1S/C25H24FN3O3.C2HF3O2/c1-17-6-8-18(9-7-17)24(30)27-19-10-11-22(20(16-19)25(31)32)28-12-14-29(15-13-28)23-5-3-2-4-21(23)26;3-2(4,5)1(6)7/h2-11,16H,12-15H2,1H3,(H,27,30)(H,31,32);(H,6,7). The smallest absolute Gasteiger partial charge is 0.478 e. The molecular formula is C27H25F4N3O5. The highest BCUT2D eigenvalue weighted by Gasteiger charge is 2.38. The summed E-state index contributed by atoms with van der Waals surface area (Å²) in [6.07, 6.45) is -5.08. The van der Waals surface area contributed by atoms with Crippen LogP contribution in [0.4, 0.5) is 34.6 Å². The van der Waals surface area contributed by atoms with Crippen molar-refractivity contribution < 1.29 is 42.2 Å². The zero-order valence-electron chi connectivity index (χ0n) is 20.7. The Bertz CT molecular complexity index is 1340. The van der Waals surface area contributed by atoms with Gasteiger partial charge in [-0.2, -0.15) is 13.2 Å². The quantitative estimate of drug-likeness (QED) is 0.384. The van der Waals surface area contributed by atoms with E-state index in [9.17, 15) is 32.3 Å². The zero-order valence-corrected chi connectivity index (χ0v) is 20.7. The van der Waals surface area contributed by atoms with Gasteiger partial charge in [-0.3, -0.25) is 4.79 Å². The van der Waals surface area contributed by atoms with E-state index in [2.05, 4.69) is 5.32 Å². The third-order valence-electron chi connectivity index (χ3n) is 5.85. The number of hydrogen-bond acceptors (Lipinski definition) is 5. The van der Waals surface area contributed by atoms with E-state index in [4.69, 9.17) is 9.90 Å². The molecule has 4 rings (SSSR count). The molecule has 0 bridgehead atoms. The van der Waals surface area contributed by atoms with E-state index in [0.717, 1.165) is 5.56 Å². The van der Waals surface area contributed by atoms with Crippen molar-refractivity contribution in [2.75, 3.05) is 41.3 Å². The van der Waals surface area contributed by atoms with Crippen LogP contribution in [0.2, 0.25) is 0 Å². The lowest BCUT2D eigenvalue weighted by Gasteiger charge is -2.38. The van der Waals surface area contributed by atoms with Crippen molar-refractivity contribution in [3.63, 3.8) is 0 Å². The van der Waals surface area contributed by atoms with Crippen molar-refractivity contribution in [2.45, 2.75) is 13.1 Å². The highest BCUT2D eigenvalue weighted by atomic mass is 19.4. The van der Waals surface area contributed by atoms with Gasteiger partial charge in [0.05, 0.1) is 16.9 Å². The van der Waals surface area contributed by atoms with Crippen molar-refractivity contribution >= 4 is 34.9 Å². The molecule has 0 aliphatic carbocycles. The number of carboxylic acids is 2. The lowest BCUT2D eigenvalue weighted by molar-refractivity contribution is -0.192. The van der Waals surface area contributed by atoms with Crippen molar-refractivity contribution in [3.8, 4) is 0 Å². The average molecular weight is 548 g/mol. The fourth-order valence-corrected chi connectivity index (χ4v) is 3.87. The van der Waals surface area contributed by atoms with Gasteiger partial charge >= 0.3 is 18.1 Å². The number of aryl methyl sites for hydroxylation is 1. The fraction of sp³-hybridized carbons (Fsp3) is 0.222. The van der Waals surface area contributed by atoms with Gasteiger partial charge < -0.3 is 25.3 Å². The highest BCUT2D eigenvalue weighted by Crippen LogP contribution is 2.28. The number of halogens is 4. The summed E-state index contributed by atoms with van der Waals surface area (Å²) in [4.78, 5) is 37.3. The molecule has 1 fully saturated rings. The number of benzene rings is 3. The maximum absolute atomic E-state index is 14.1. The van der Waals surface area contributed by atoms with E-state index in [1.807, 2.05) is 28.9 Å². The molecule has 0 unspecified atom stereocenters. The molecule has 1 saturated heterocycles. The van der Waals surface area contributed by atoms with Crippen molar-refractivity contribution in [1.29, 1.82) is 0 Å². The summed E-state index contributed by atoms with van der Waals surface area (Å²) in [5.41, 5.74) is 3.22. The Kier molecular flexibility index (Phi) is 9.12. The number of carbonyl (C=O) groups excluding carboxylic acids is 1. The van der Waals surface area contributed by atoms with Gasteiger partial charge in [0, 0.05) is 37.4 Å². The molecule has 0 atom stereocenters. The third kappa shape index (κ3) is 7.69. The minimum absolute atomic E-state index is 0.117. The van der Waals surface area contributed by atoms with E-state index in [1.165, 1.54) is 12.1 Å². The molecule has 3 aromatic carbocycles. The van der Waals surface area contributed by atoms with E-state index in [1.54, 1.807) is 42.5 Å². The van der Waals surface area contributed by atoms with Crippen LogP contribution < -0.4 is 15.1 Å². The van der Waals surface area contributed by atoms with Gasteiger partial charge in [-0.25, -0.2) is 14.0 Å². The molecule has 0 aromatic heterocycles. The number of rotatable bonds is 5. The minimum Gasteiger partial charge on any atom is -0.478 e. The Labute approximate surface area is 221 Å². The van der Waals surface area contributed by atoms with Crippen LogP contribution in [0.15, 0.2) is 66.7 Å².